The zero-order valence-electron chi connectivity index (χ0n) is 15.6. The fourth-order valence-corrected chi connectivity index (χ4v) is 3.27. The van der Waals surface area contributed by atoms with Crippen LogP contribution in [-0.4, -0.2) is 28.3 Å². The monoisotopic (exact) mass is 420 g/mol. The van der Waals surface area contributed by atoms with E-state index in [2.05, 4.69) is 14.7 Å². The summed E-state index contributed by atoms with van der Waals surface area (Å²) in [4.78, 5) is 9.75. The molecule has 2 aromatic carbocycles. The number of benzene rings is 2. The summed E-state index contributed by atoms with van der Waals surface area (Å²) in [6.07, 6.45) is -1.43. The molecule has 0 saturated carbocycles. The van der Waals surface area contributed by atoms with Gasteiger partial charge in [-0.3, -0.25) is 9.47 Å². The molecule has 30 heavy (non-hydrogen) atoms. The molecule has 0 radical (unpaired) electrons. The number of halogens is 4. The average Bonchev–Trinajstić information content (AvgIpc) is 3.03. The molecular weight excluding hydrogens is 404 g/mol. The van der Waals surface area contributed by atoms with Gasteiger partial charge in [-0.1, -0.05) is 12.1 Å². The normalized spacial score (nSPS) is 17.1. The molecule has 1 aliphatic rings. The topological polar surface area (TPSA) is 94.7 Å². The maximum absolute atomic E-state index is 14.5. The Labute approximate surface area is 167 Å². The van der Waals surface area contributed by atoms with Gasteiger partial charge >= 0.3 is 6.61 Å². The summed E-state index contributed by atoms with van der Waals surface area (Å²) >= 11 is 0. The number of alkyl halides is 2. The SMILES string of the molecule is Cc1nc2ccccc2n1C1=NC(N)=C(F)C(N)N1c1ccc(OC(F)F)c(F)c1. The van der Waals surface area contributed by atoms with Crippen LogP contribution in [0.25, 0.3) is 11.0 Å². The Hall–Kier alpha value is -3.60. The Balaban J connectivity index is 1.88. The number of aliphatic imine (C=N–C) groups is 1. The van der Waals surface area contributed by atoms with Gasteiger partial charge in [-0.15, -0.1) is 0 Å². The number of hydrogen-bond donors (Lipinski definition) is 2. The molecule has 1 unspecified atom stereocenters. The summed E-state index contributed by atoms with van der Waals surface area (Å²) in [6.45, 7) is -1.49. The highest BCUT2D eigenvalue weighted by Crippen LogP contribution is 2.31. The molecule has 11 heteroatoms. The second kappa shape index (κ2) is 7.34. The van der Waals surface area contributed by atoms with Crippen molar-refractivity contribution in [1.29, 1.82) is 0 Å². The van der Waals surface area contributed by atoms with Crippen molar-refractivity contribution in [2.24, 2.45) is 16.5 Å². The van der Waals surface area contributed by atoms with Crippen LogP contribution >= 0.6 is 0 Å². The third-order valence-electron chi connectivity index (χ3n) is 4.56. The Bertz CT molecular complexity index is 1190. The van der Waals surface area contributed by atoms with Crippen molar-refractivity contribution < 1.29 is 22.3 Å². The summed E-state index contributed by atoms with van der Waals surface area (Å²) in [5.74, 6) is -2.50. The minimum atomic E-state index is -3.19. The zero-order chi connectivity index (χ0) is 21.6. The van der Waals surface area contributed by atoms with Crippen LogP contribution in [0, 0.1) is 12.7 Å². The zero-order valence-corrected chi connectivity index (χ0v) is 15.6. The van der Waals surface area contributed by atoms with E-state index in [-0.39, 0.29) is 11.6 Å². The maximum Gasteiger partial charge on any atom is 0.387 e. The van der Waals surface area contributed by atoms with Crippen molar-refractivity contribution in [3.8, 4) is 5.75 Å². The number of para-hydroxylation sites is 2. The lowest BCUT2D eigenvalue weighted by molar-refractivity contribution is -0.0521. The lowest BCUT2D eigenvalue weighted by atomic mass is 10.2. The summed E-state index contributed by atoms with van der Waals surface area (Å²) in [5.41, 5.74) is 13.1. The van der Waals surface area contributed by atoms with Crippen LogP contribution in [0.1, 0.15) is 5.82 Å². The summed E-state index contributed by atoms with van der Waals surface area (Å²) in [7, 11) is 0. The van der Waals surface area contributed by atoms with Gasteiger partial charge in [0.1, 0.15) is 12.0 Å². The van der Waals surface area contributed by atoms with E-state index in [1.54, 1.807) is 35.8 Å². The number of nitrogens with two attached hydrogens (primary N) is 2. The van der Waals surface area contributed by atoms with E-state index in [4.69, 9.17) is 11.5 Å². The van der Waals surface area contributed by atoms with E-state index in [0.717, 1.165) is 12.1 Å². The van der Waals surface area contributed by atoms with Crippen LogP contribution in [0.3, 0.4) is 0 Å². The number of aryl methyl sites for hydroxylation is 1. The van der Waals surface area contributed by atoms with Gasteiger partial charge in [-0.25, -0.2) is 13.8 Å². The first-order valence-corrected chi connectivity index (χ1v) is 8.75. The van der Waals surface area contributed by atoms with Crippen molar-refractivity contribution in [3.63, 3.8) is 0 Å². The van der Waals surface area contributed by atoms with Crippen LogP contribution in [0.4, 0.5) is 23.2 Å². The van der Waals surface area contributed by atoms with Crippen LogP contribution in [0.15, 0.2) is 59.1 Å². The third-order valence-corrected chi connectivity index (χ3v) is 4.56. The van der Waals surface area contributed by atoms with Crippen LogP contribution in [0.5, 0.6) is 5.75 Å². The molecule has 0 bridgehead atoms. The number of fused-ring (bicyclic) bond motifs is 1. The molecular formula is C19H16F4N6O. The molecule has 4 N–H and O–H groups in total. The van der Waals surface area contributed by atoms with Gasteiger partial charge in [0.05, 0.1) is 11.0 Å². The van der Waals surface area contributed by atoms with E-state index < -0.39 is 36.0 Å². The highest BCUT2D eigenvalue weighted by atomic mass is 19.3. The lowest BCUT2D eigenvalue weighted by Crippen LogP contribution is -2.52. The smallest absolute Gasteiger partial charge is 0.387 e. The molecule has 156 valence electrons. The van der Waals surface area contributed by atoms with Gasteiger partial charge < -0.3 is 16.2 Å². The molecule has 0 amide bonds. The van der Waals surface area contributed by atoms with E-state index in [1.807, 2.05) is 0 Å². The Kier molecular flexibility index (Phi) is 4.82. The fourth-order valence-electron chi connectivity index (χ4n) is 3.27. The second-order valence-electron chi connectivity index (χ2n) is 6.44. The highest BCUT2D eigenvalue weighted by molar-refractivity contribution is 6.04. The molecule has 0 saturated heterocycles. The quantitative estimate of drug-likeness (QED) is 0.635. The number of anilines is 1. The van der Waals surface area contributed by atoms with Crippen molar-refractivity contribution >= 4 is 22.7 Å². The average molecular weight is 420 g/mol. The molecule has 0 fully saturated rings. The number of nitrogens with zero attached hydrogens (tertiary/aromatic N) is 4. The van der Waals surface area contributed by atoms with Gasteiger partial charge in [0.15, 0.2) is 23.2 Å². The van der Waals surface area contributed by atoms with E-state index in [0.29, 0.717) is 16.9 Å². The minimum absolute atomic E-state index is 0.0557. The highest BCUT2D eigenvalue weighted by Gasteiger charge is 2.33. The predicted molar refractivity (Wildman–Crippen MR) is 103 cm³/mol. The van der Waals surface area contributed by atoms with Crippen molar-refractivity contribution in [2.45, 2.75) is 19.7 Å². The van der Waals surface area contributed by atoms with E-state index in [1.165, 1.54) is 11.0 Å². The molecule has 2 heterocycles. The maximum atomic E-state index is 14.5. The summed E-state index contributed by atoms with van der Waals surface area (Å²) in [6, 6.07) is 10.3. The van der Waals surface area contributed by atoms with Gasteiger partial charge in [0, 0.05) is 11.8 Å². The van der Waals surface area contributed by atoms with Crippen molar-refractivity contribution in [3.05, 3.63) is 65.8 Å². The Morgan fingerprint density at radius 3 is 2.57 bits per heavy atom. The predicted octanol–water partition coefficient (Wildman–Crippen LogP) is 3.19. The minimum Gasteiger partial charge on any atom is -0.432 e. The number of hydrogen-bond acceptors (Lipinski definition) is 6. The van der Waals surface area contributed by atoms with Crippen LogP contribution < -0.4 is 21.1 Å². The standard InChI is InChI=1S/C19H16F4N6O/c1-9-26-12-4-2-3-5-13(12)28(9)19-27-16(24)15(21)17(25)29(19)10-6-7-14(11(20)8-10)30-18(22)23/h2-8,17-18H,24-25H2,1H3. The van der Waals surface area contributed by atoms with Crippen molar-refractivity contribution in [2.75, 3.05) is 4.90 Å². The van der Waals surface area contributed by atoms with Gasteiger partial charge in [0.2, 0.25) is 5.96 Å². The van der Waals surface area contributed by atoms with Crippen molar-refractivity contribution in [1.82, 2.24) is 9.55 Å². The summed E-state index contributed by atoms with van der Waals surface area (Å²) < 4.78 is 59.5. The van der Waals surface area contributed by atoms with Crippen LogP contribution in [0.2, 0.25) is 0 Å². The number of rotatable bonds is 3. The second-order valence-corrected chi connectivity index (χ2v) is 6.44. The number of ether oxygens (including phenoxy) is 1. The van der Waals surface area contributed by atoms with E-state index in [9.17, 15) is 17.6 Å². The largest absolute Gasteiger partial charge is 0.432 e. The molecule has 3 aromatic rings. The lowest BCUT2D eigenvalue weighted by Gasteiger charge is -2.34. The fraction of sp³-hybridized carbons (Fsp3) is 0.158. The molecule has 7 nitrogen and oxygen atoms in total. The molecule has 0 aliphatic carbocycles. The third kappa shape index (κ3) is 3.22. The molecule has 1 aliphatic heterocycles. The number of aromatic nitrogens is 2. The van der Waals surface area contributed by atoms with E-state index >= 15 is 0 Å². The molecule has 1 atom stereocenters. The molecule has 4 rings (SSSR count). The Morgan fingerprint density at radius 2 is 1.87 bits per heavy atom. The van der Waals surface area contributed by atoms with Gasteiger partial charge in [-0.05, 0) is 31.2 Å². The van der Waals surface area contributed by atoms with Gasteiger partial charge in [0.25, 0.3) is 0 Å². The first-order valence-electron chi connectivity index (χ1n) is 8.75. The molecule has 0 spiro atoms. The summed E-state index contributed by atoms with van der Waals surface area (Å²) in [5, 5.41) is 0. The first-order chi connectivity index (χ1) is 14.3. The van der Waals surface area contributed by atoms with Gasteiger partial charge in [-0.2, -0.15) is 13.8 Å². The molecule has 1 aromatic heterocycles. The van der Waals surface area contributed by atoms with Crippen LogP contribution in [-0.2, 0) is 0 Å². The first kappa shape index (κ1) is 19.7. The number of imidazole rings is 1. The Morgan fingerprint density at radius 1 is 1.13 bits per heavy atom.